The smallest absolute Gasteiger partial charge is 0.230 e. The van der Waals surface area contributed by atoms with Gasteiger partial charge in [-0.15, -0.1) is 0 Å². The van der Waals surface area contributed by atoms with E-state index in [0.29, 0.717) is 13.0 Å². The summed E-state index contributed by atoms with van der Waals surface area (Å²) in [5.74, 6) is 0.361. The van der Waals surface area contributed by atoms with Gasteiger partial charge in [0, 0.05) is 32.6 Å². The first-order valence-corrected chi connectivity index (χ1v) is 7.77. The fourth-order valence-corrected chi connectivity index (χ4v) is 3.55. The molecule has 0 radical (unpaired) electrons. The monoisotopic (exact) mass is 281 g/mol. The van der Waals surface area contributed by atoms with Crippen molar-refractivity contribution in [1.29, 1.82) is 0 Å². The van der Waals surface area contributed by atoms with E-state index in [1.165, 1.54) is 0 Å². The molecule has 3 N–H and O–H groups in total. The van der Waals surface area contributed by atoms with Crippen LogP contribution < -0.4 is 11.1 Å². The Balaban J connectivity index is 2.00. The Morgan fingerprint density at radius 1 is 1.35 bits per heavy atom. The average molecular weight is 281 g/mol. The number of hydrogen-bond donors (Lipinski definition) is 2. The molecule has 0 aromatic rings. The van der Waals surface area contributed by atoms with Crippen LogP contribution in [0.15, 0.2) is 0 Å². The van der Waals surface area contributed by atoms with Crippen LogP contribution in [0.3, 0.4) is 0 Å². The number of carbonyl (C=O) groups is 2. The summed E-state index contributed by atoms with van der Waals surface area (Å²) in [7, 11) is 0. The zero-order chi connectivity index (χ0) is 14.8. The van der Waals surface area contributed by atoms with E-state index in [1.807, 2.05) is 18.7 Å². The summed E-state index contributed by atoms with van der Waals surface area (Å²) in [6, 6.07) is 0. The molecule has 114 valence electrons. The quantitative estimate of drug-likeness (QED) is 0.803. The standard InChI is InChI=1S/C15H27N3O2/c1-3-15(4-2,10-16)13(20)18-7-5-14(6-8-18)9-12(19)17-11-14/h3-11,16H2,1-2H3,(H,17,19). The minimum absolute atomic E-state index is 0.0949. The van der Waals surface area contributed by atoms with Crippen molar-refractivity contribution in [2.45, 2.75) is 46.0 Å². The molecule has 0 bridgehead atoms. The fraction of sp³-hybridized carbons (Fsp3) is 0.867. The number of nitrogens with two attached hydrogens (primary N) is 1. The predicted molar refractivity (Wildman–Crippen MR) is 77.9 cm³/mol. The van der Waals surface area contributed by atoms with Crippen molar-refractivity contribution in [2.75, 3.05) is 26.2 Å². The second-order valence-electron chi connectivity index (χ2n) is 6.44. The van der Waals surface area contributed by atoms with Gasteiger partial charge in [0.25, 0.3) is 0 Å². The molecule has 1 spiro atoms. The van der Waals surface area contributed by atoms with Crippen molar-refractivity contribution in [3.8, 4) is 0 Å². The lowest BCUT2D eigenvalue weighted by molar-refractivity contribution is -0.144. The first-order valence-electron chi connectivity index (χ1n) is 7.77. The number of hydrogen-bond acceptors (Lipinski definition) is 3. The summed E-state index contributed by atoms with van der Waals surface area (Å²) in [6.45, 7) is 6.79. The fourth-order valence-electron chi connectivity index (χ4n) is 3.55. The third kappa shape index (κ3) is 2.55. The number of likely N-dealkylation sites (tertiary alicyclic amines) is 1. The lowest BCUT2D eigenvalue weighted by atomic mass is 9.75. The van der Waals surface area contributed by atoms with E-state index in [9.17, 15) is 9.59 Å². The molecule has 2 fully saturated rings. The van der Waals surface area contributed by atoms with Crippen molar-refractivity contribution >= 4 is 11.8 Å². The van der Waals surface area contributed by atoms with E-state index in [1.54, 1.807) is 0 Å². The van der Waals surface area contributed by atoms with Gasteiger partial charge in [-0.25, -0.2) is 0 Å². The third-order valence-corrected chi connectivity index (χ3v) is 5.51. The Hall–Kier alpha value is -1.10. The molecule has 2 saturated heterocycles. The minimum atomic E-state index is -0.395. The van der Waals surface area contributed by atoms with Crippen molar-refractivity contribution in [2.24, 2.45) is 16.6 Å². The maximum absolute atomic E-state index is 12.7. The highest BCUT2D eigenvalue weighted by Crippen LogP contribution is 2.39. The molecule has 0 atom stereocenters. The van der Waals surface area contributed by atoms with E-state index in [-0.39, 0.29) is 17.2 Å². The molecule has 0 aromatic heterocycles. The number of carbonyl (C=O) groups excluding carboxylic acids is 2. The van der Waals surface area contributed by atoms with E-state index >= 15 is 0 Å². The van der Waals surface area contributed by atoms with Gasteiger partial charge in [-0.05, 0) is 31.1 Å². The van der Waals surface area contributed by atoms with Crippen LogP contribution in [0.5, 0.6) is 0 Å². The Morgan fingerprint density at radius 2 is 1.95 bits per heavy atom. The maximum atomic E-state index is 12.7. The summed E-state index contributed by atoms with van der Waals surface area (Å²) < 4.78 is 0. The molecular weight excluding hydrogens is 254 g/mol. The largest absolute Gasteiger partial charge is 0.356 e. The Labute approximate surface area is 121 Å². The zero-order valence-corrected chi connectivity index (χ0v) is 12.7. The second kappa shape index (κ2) is 5.72. The van der Waals surface area contributed by atoms with E-state index in [4.69, 9.17) is 5.73 Å². The van der Waals surface area contributed by atoms with E-state index in [2.05, 4.69) is 5.32 Å². The normalized spacial score (nSPS) is 22.1. The Kier molecular flexibility index (Phi) is 4.37. The van der Waals surface area contributed by atoms with Gasteiger partial charge < -0.3 is 16.0 Å². The van der Waals surface area contributed by atoms with Crippen molar-refractivity contribution < 1.29 is 9.59 Å². The molecule has 2 rings (SSSR count). The van der Waals surface area contributed by atoms with Crippen LogP contribution in [0.25, 0.3) is 0 Å². The highest BCUT2D eigenvalue weighted by Gasteiger charge is 2.44. The van der Waals surface area contributed by atoms with Crippen LogP contribution in [-0.2, 0) is 9.59 Å². The number of rotatable bonds is 4. The summed E-state index contributed by atoms with van der Waals surface area (Å²) in [4.78, 5) is 26.1. The predicted octanol–water partition coefficient (Wildman–Crippen LogP) is 0.880. The zero-order valence-electron chi connectivity index (χ0n) is 12.7. The van der Waals surface area contributed by atoms with Gasteiger partial charge in [-0.2, -0.15) is 0 Å². The van der Waals surface area contributed by atoms with Crippen molar-refractivity contribution in [3.05, 3.63) is 0 Å². The van der Waals surface area contributed by atoms with Gasteiger partial charge in [0.15, 0.2) is 0 Å². The molecule has 0 aliphatic carbocycles. The number of nitrogens with zero attached hydrogens (tertiary/aromatic N) is 1. The van der Waals surface area contributed by atoms with Crippen LogP contribution in [0, 0.1) is 10.8 Å². The minimum Gasteiger partial charge on any atom is -0.356 e. The Morgan fingerprint density at radius 3 is 2.35 bits per heavy atom. The van der Waals surface area contributed by atoms with Gasteiger partial charge in [0.05, 0.1) is 5.41 Å². The molecule has 2 aliphatic rings. The van der Waals surface area contributed by atoms with E-state index < -0.39 is 5.41 Å². The van der Waals surface area contributed by atoms with Crippen LogP contribution in [0.4, 0.5) is 0 Å². The maximum Gasteiger partial charge on any atom is 0.230 e. The van der Waals surface area contributed by atoms with Gasteiger partial charge >= 0.3 is 0 Å². The lowest BCUT2D eigenvalue weighted by Gasteiger charge is -2.42. The van der Waals surface area contributed by atoms with E-state index in [0.717, 1.165) is 45.3 Å². The van der Waals surface area contributed by atoms with Crippen LogP contribution in [0.1, 0.15) is 46.0 Å². The number of piperidine rings is 1. The second-order valence-corrected chi connectivity index (χ2v) is 6.44. The molecular formula is C15H27N3O2. The Bertz CT molecular complexity index is 374. The van der Waals surface area contributed by atoms with Crippen LogP contribution in [-0.4, -0.2) is 42.9 Å². The van der Waals surface area contributed by atoms with Crippen molar-refractivity contribution in [1.82, 2.24) is 10.2 Å². The molecule has 0 unspecified atom stereocenters. The lowest BCUT2D eigenvalue weighted by Crippen LogP contribution is -2.52. The third-order valence-electron chi connectivity index (χ3n) is 5.51. The number of nitrogens with one attached hydrogen (secondary N) is 1. The molecule has 5 nitrogen and oxygen atoms in total. The molecule has 20 heavy (non-hydrogen) atoms. The highest BCUT2D eigenvalue weighted by molar-refractivity contribution is 5.83. The topological polar surface area (TPSA) is 75.4 Å². The van der Waals surface area contributed by atoms with Gasteiger partial charge in [0.1, 0.15) is 0 Å². The summed E-state index contributed by atoms with van der Waals surface area (Å²) >= 11 is 0. The summed E-state index contributed by atoms with van der Waals surface area (Å²) in [5.41, 5.74) is 5.57. The molecule has 2 aliphatic heterocycles. The van der Waals surface area contributed by atoms with Crippen molar-refractivity contribution in [3.63, 3.8) is 0 Å². The van der Waals surface area contributed by atoms with Gasteiger partial charge in [0.2, 0.25) is 11.8 Å². The first kappa shape index (κ1) is 15.3. The van der Waals surface area contributed by atoms with Gasteiger partial charge in [-0.3, -0.25) is 9.59 Å². The highest BCUT2D eigenvalue weighted by atomic mass is 16.2. The molecule has 0 aromatic carbocycles. The van der Waals surface area contributed by atoms with Crippen LogP contribution in [0.2, 0.25) is 0 Å². The SMILES string of the molecule is CCC(CC)(CN)C(=O)N1CCC2(CC1)CNC(=O)C2. The first-order chi connectivity index (χ1) is 9.51. The summed E-state index contributed by atoms with van der Waals surface area (Å²) in [5, 5.41) is 2.93. The molecule has 2 amide bonds. The molecule has 5 heteroatoms. The average Bonchev–Trinajstić information content (AvgIpc) is 2.83. The molecule has 2 heterocycles. The summed E-state index contributed by atoms with van der Waals surface area (Å²) in [6.07, 6.45) is 4.05. The van der Waals surface area contributed by atoms with Crippen LogP contribution >= 0.6 is 0 Å². The molecule has 0 saturated carbocycles. The number of amides is 2. The van der Waals surface area contributed by atoms with Gasteiger partial charge in [-0.1, -0.05) is 13.8 Å².